The minimum atomic E-state index is -3.57. The van der Waals surface area contributed by atoms with Gasteiger partial charge in [0, 0.05) is 0 Å². The molecule has 3 nitrogen and oxygen atoms in total. The third-order valence-corrected chi connectivity index (χ3v) is 7.47. The molecule has 0 saturated heterocycles. The zero-order valence-corrected chi connectivity index (χ0v) is 15.7. The quantitative estimate of drug-likeness (QED) is 0.616. The van der Waals surface area contributed by atoms with Gasteiger partial charge in [-0.05, 0) is 0 Å². The summed E-state index contributed by atoms with van der Waals surface area (Å²) in [4.78, 5) is 2.15. The molecule has 2 aromatic carbocycles. The van der Waals surface area contributed by atoms with Crippen molar-refractivity contribution in [3.63, 3.8) is 0 Å². The van der Waals surface area contributed by atoms with Crippen molar-refractivity contribution in [2.45, 2.75) is 11.8 Å². The maximum absolute atomic E-state index is 13.1. The number of hydrogen-bond donors (Lipinski definition) is 0. The number of aromatic nitrogens is 1. The molecule has 3 rings (SSSR count). The summed E-state index contributed by atoms with van der Waals surface area (Å²) in [5, 5.41) is 0.306. The van der Waals surface area contributed by atoms with Gasteiger partial charge in [-0.3, -0.25) is 0 Å². The van der Waals surface area contributed by atoms with Crippen molar-refractivity contribution in [1.29, 1.82) is 0 Å². The summed E-state index contributed by atoms with van der Waals surface area (Å²) < 4.78 is 29.0. The van der Waals surface area contributed by atoms with Gasteiger partial charge in [-0.15, -0.1) is 0 Å². The second kappa shape index (κ2) is 7.22. The van der Waals surface area contributed by atoms with Crippen molar-refractivity contribution in [2.24, 2.45) is 0 Å². The Balaban J connectivity index is 2.03. The number of benzene rings is 2. The third kappa shape index (κ3) is 3.70. The van der Waals surface area contributed by atoms with Gasteiger partial charge in [-0.2, -0.15) is 0 Å². The molecule has 122 valence electrons. The topological polar surface area (TPSA) is 39.1 Å². The van der Waals surface area contributed by atoms with E-state index in [4.69, 9.17) is 0 Å². The summed E-state index contributed by atoms with van der Waals surface area (Å²) in [5.41, 5.74) is 1.04. The predicted octanol–water partition coefficient (Wildman–Crippen LogP) is 3.06. The van der Waals surface area contributed by atoms with Gasteiger partial charge >= 0.3 is 149 Å². The third-order valence-electron chi connectivity index (χ3n) is 3.50. The summed E-state index contributed by atoms with van der Waals surface area (Å²) in [6.07, 6.45) is 3.53. The Kier molecular flexibility index (Phi) is 5.05. The maximum atomic E-state index is 13.1. The first kappa shape index (κ1) is 16.8. The van der Waals surface area contributed by atoms with E-state index >= 15 is 0 Å². The normalized spacial score (nSPS) is 12.3. The molecule has 0 aliphatic rings. The molecule has 0 fully saturated rings. The van der Waals surface area contributed by atoms with Crippen LogP contribution in [0.2, 0.25) is 0 Å². The molecule has 0 unspecified atom stereocenters. The first-order valence-corrected chi connectivity index (χ1v) is 10.8. The summed E-state index contributed by atoms with van der Waals surface area (Å²) >= 11 is -0.0708. The molecule has 0 N–H and O–H groups in total. The summed E-state index contributed by atoms with van der Waals surface area (Å²) in [6, 6.07) is 20.6. The van der Waals surface area contributed by atoms with Crippen LogP contribution in [0.15, 0.2) is 89.0 Å². The van der Waals surface area contributed by atoms with Crippen LogP contribution in [0.1, 0.15) is 5.56 Å². The van der Waals surface area contributed by atoms with Crippen LogP contribution in [0.3, 0.4) is 0 Å². The summed E-state index contributed by atoms with van der Waals surface area (Å²) in [7, 11) is -3.57. The molecule has 0 bridgehead atoms. The fraction of sp³-hybridized carbons (Fsp3) is 0.0526. The average molecular weight is 402 g/mol. The van der Waals surface area contributed by atoms with Gasteiger partial charge in [0.25, 0.3) is 0 Å². The van der Waals surface area contributed by atoms with Crippen molar-refractivity contribution < 1.29 is 8.42 Å². The van der Waals surface area contributed by atoms with E-state index in [1.54, 1.807) is 29.1 Å². The molecule has 5 heteroatoms. The second-order valence-corrected chi connectivity index (χ2v) is 9.17. The van der Waals surface area contributed by atoms with Crippen LogP contribution >= 0.6 is 0 Å². The van der Waals surface area contributed by atoms with Crippen LogP contribution in [-0.2, 0) is 9.84 Å². The number of sulfone groups is 1. The van der Waals surface area contributed by atoms with Gasteiger partial charge in [0.2, 0.25) is 0 Å². The molecular formula is C19H17NO2SSe. The Hall–Kier alpha value is -2.07. The molecule has 0 saturated carbocycles. The fourth-order valence-electron chi connectivity index (χ4n) is 2.20. The Labute approximate surface area is 148 Å². The molecule has 0 spiro atoms. The first-order valence-electron chi connectivity index (χ1n) is 7.44. The molecular weight excluding hydrogens is 385 g/mol. The number of aryl methyl sites for hydroxylation is 1. The molecule has 0 aliphatic carbocycles. The Morgan fingerprint density at radius 3 is 2.17 bits per heavy atom. The van der Waals surface area contributed by atoms with Crippen LogP contribution in [-0.4, -0.2) is 27.9 Å². The van der Waals surface area contributed by atoms with E-state index in [1.807, 2.05) is 66.5 Å². The van der Waals surface area contributed by atoms with Gasteiger partial charge in [-0.1, -0.05) is 0 Å². The van der Waals surface area contributed by atoms with Gasteiger partial charge < -0.3 is 0 Å². The van der Waals surface area contributed by atoms with Crippen LogP contribution < -0.4 is 4.46 Å². The van der Waals surface area contributed by atoms with Gasteiger partial charge in [-0.25, -0.2) is 0 Å². The average Bonchev–Trinajstić information content (AvgIpc) is 3.10. The van der Waals surface area contributed by atoms with E-state index in [0.29, 0.717) is 9.92 Å². The SMILES string of the molecule is Cc1ccc(S(=O)(=O)/C(=C/[Se]c2ccccc2)n2cccc2)cc1. The molecule has 0 atom stereocenters. The van der Waals surface area contributed by atoms with E-state index in [-0.39, 0.29) is 15.0 Å². The standard InChI is InChI=1S/C19H17NO2SSe/c1-16-9-11-17(12-10-16)23(21,22)19(20-13-5-6-14-20)15-24-18-7-3-2-4-8-18/h2-15H,1H3/b19-15+. The molecule has 0 radical (unpaired) electrons. The Morgan fingerprint density at radius 1 is 0.917 bits per heavy atom. The summed E-state index contributed by atoms with van der Waals surface area (Å²) in [6.45, 7) is 1.94. The van der Waals surface area contributed by atoms with Crippen LogP contribution in [0.4, 0.5) is 0 Å². The fourth-order valence-corrected chi connectivity index (χ4v) is 5.92. The predicted molar refractivity (Wildman–Crippen MR) is 98.9 cm³/mol. The van der Waals surface area contributed by atoms with E-state index in [0.717, 1.165) is 10.0 Å². The van der Waals surface area contributed by atoms with E-state index < -0.39 is 9.84 Å². The van der Waals surface area contributed by atoms with Crippen LogP contribution in [0.5, 0.6) is 0 Å². The molecule has 24 heavy (non-hydrogen) atoms. The number of rotatable bonds is 5. The zero-order valence-electron chi connectivity index (χ0n) is 13.2. The second-order valence-electron chi connectivity index (χ2n) is 5.29. The van der Waals surface area contributed by atoms with Crippen molar-refractivity contribution in [1.82, 2.24) is 4.57 Å². The summed E-state index contributed by atoms with van der Waals surface area (Å²) in [5.74, 6) is 0. The van der Waals surface area contributed by atoms with Gasteiger partial charge in [0.15, 0.2) is 0 Å². The van der Waals surface area contributed by atoms with Crippen molar-refractivity contribution in [3.8, 4) is 0 Å². The van der Waals surface area contributed by atoms with Crippen molar-refractivity contribution in [3.05, 3.63) is 89.7 Å². The zero-order chi connectivity index (χ0) is 17.0. The molecule has 1 aromatic heterocycles. The van der Waals surface area contributed by atoms with Gasteiger partial charge in [0.1, 0.15) is 0 Å². The Bertz CT molecular complexity index is 929. The number of nitrogens with zero attached hydrogens (tertiary/aromatic N) is 1. The number of hydrogen-bond acceptors (Lipinski definition) is 2. The molecule has 0 amide bonds. The minimum absolute atomic E-state index is 0.0708. The first-order chi connectivity index (χ1) is 11.6. The van der Waals surface area contributed by atoms with Crippen LogP contribution in [0.25, 0.3) is 5.03 Å². The molecule has 1 heterocycles. The van der Waals surface area contributed by atoms with E-state index in [2.05, 4.69) is 0 Å². The molecule has 0 aliphatic heterocycles. The molecule has 3 aromatic rings. The van der Waals surface area contributed by atoms with Crippen molar-refractivity contribution >= 4 is 34.3 Å². The monoisotopic (exact) mass is 403 g/mol. The Morgan fingerprint density at radius 2 is 1.54 bits per heavy atom. The van der Waals surface area contributed by atoms with Crippen LogP contribution in [0, 0.1) is 6.92 Å². The van der Waals surface area contributed by atoms with Gasteiger partial charge in [0.05, 0.1) is 0 Å². The van der Waals surface area contributed by atoms with E-state index in [1.165, 1.54) is 0 Å². The van der Waals surface area contributed by atoms with Crippen molar-refractivity contribution in [2.75, 3.05) is 0 Å². The van der Waals surface area contributed by atoms with E-state index in [9.17, 15) is 8.42 Å².